The SMILES string of the molecule is CCOC(=O)CC(=O)C1COCCN1C(=O)OC(C)(C)C. The van der Waals surface area contributed by atoms with Crippen LogP contribution in [0.1, 0.15) is 34.1 Å². The molecule has 1 aliphatic rings. The van der Waals surface area contributed by atoms with E-state index in [9.17, 15) is 14.4 Å². The third-order valence-corrected chi connectivity index (χ3v) is 2.75. The summed E-state index contributed by atoms with van der Waals surface area (Å²) in [6.45, 7) is 7.79. The smallest absolute Gasteiger partial charge is 0.411 e. The fourth-order valence-corrected chi connectivity index (χ4v) is 1.88. The highest BCUT2D eigenvalue weighted by atomic mass is 16.6. The Morgan fingerprint density at radius 3 is 2.52 bits per heavy atom. The van der Waals surface area contributed by atoms with Crippen molar-refractivity contribution in [2.24, 2.45) is 0 Å². The number of esters is 1. The summed E-state index contributed by atoms with van der Waals surface area (Å²) in [6.07, 6.45) is -0.950. The molecule has 21 heavy (non-hydrogen) atoms. The van der Waals surface area contributed by atoms with E-state index in [2.05, 4.69) is 0 Å². The van der Waals surface area contributed by atoms with Gasteiger partial charge in [-0.2, -0.15) is 0 Å². The lowest BCUT2D eigenvalue weighted by Crippen LogP contribution is -2.54. The maximum atomic E-state index is 12.1. The summed E-state index contributed by atoms with van der Waals surface area (Å²) in [5, 5.41) is 0. The molecule has 1 rings (SSSR count). The molecule has 7 heteroatoms. The molecule has 0 N–H and O–H groups in total. The predicted molar refractivity (Wildman–Crippen MR) is 73.8 cm³/mol. The van der Waals surface area contributed by atoms with E-state index in [4.69, 9.17) is 14.2 Å². The largest absolute Gasteiger partial charge is 0.466 e. The van der Waals surface area contributed by atoms with Crippen LogP contribution in [-0.2, 0) is 23.8 Å². The van der Waals surface area contributed by atoms with Crippen molar-refractivity contribution in [2.75, 3.05) is 26.4 Å². The van der Waals surface area contributed by atoms with Crippen LogP contribution in [-0.4, -0.2) is 60.8 Å². The Hall–Kier alpha value is -1.63. The fourth-order valence-electron chi connectivity index (χ4n) is 1.88. The van der Waals surface area contributed by atoms with E-state index in [1.807, 2.05) is 0 Å². The second-order valence-corrected chi connectivity index (χ2v) is 5.71. The van der Waals surface area contributed by atoms with Gasteiger partial charge in [0.25, 0.3) is 0 Å². The van der Waals surface area contributed by atoms with Gasteiger partial charge in [0, 0.05) is 6.54 Å². The first-order chi connectivity index (χ1) is 9.74. The van der Waals surface area contributed by atoms with Crippen LogP contribution in [0.25, 0.3) is 0 Å². The van der Waals surface area contributed by atoms with E-state index in [0.717, 1.165) is 0 Å². The van der Waals surface area contributed by atoms with Gasteiger partial charge in [0.15, 0.2) is 5.78 Å². The molecule has 1 unspecified atom stereocenters. The molecule has 7 nitrogen and oxygen atoms in total. The van der Waals surface area contributed by atoms with Gasteiger partial charge in [-0.3, -0.25) is 14.5 Å². The highest BCUT2D eigenvalue weighted by molar-refractivity contribution is 5.99. The number of amides is 1. The van der Waals surface area contributed by atoms with E-state index < -0.39 is 29.5 Å². The van der Waals surface area contributed by atoms with E-state index in [0.29, 0.717) is 6.61 Å². The average molecular weight is 301 g/mol. The van der Waals surface area contributed by atoms with Crippen LogP contribution in [0.5, 0.6) is 0 Å². The monoisotopic (exact) mass is 301 g/mol. The Kier molecular flexibility index (Phi) is 6.14. The number of Topliss-reactive ketones (excluding diaryl/α,β-unsaturated/α-hetero) is 1. The van der Waals surface area contributed by atoms with Crippen molar-refractivity contribution in [1.82, 2.24) is 4.90 Å². The number of ether oxygens (including phenoxy) is 3. The summed E-state index contributed by atoms with van der Waals surface area (Å²) < 4.78 is 15.3. The van der Waals surface area contributed by atoms with E-state index >= 15 is 0 Å². The Morgan fingerprint density at radius 2 is 1.95 bits per heavy atom. The molecule has 0 aromatic carbocycles. The molecular weight excluding hydrogens is 278 g/mol. The van der Waals surface area contributed by atoms with Crippen molar-refractivity contribution in [3.05, 3.63) is 0 Å². The first-order valence-corrected chi connectivity index (χ1v) is 7.00. The zero-order valence-corrected chi connectivity index (χ0v) is 13.0. The lowest BCUT2D eigenvalue weighted by Gasteiger charge is -2.35. The maximum Gasteiger partial charge on any atom is 0.411 e. The van der Waals surface area contributed by atoms with Gasteiger partial charge >= 0.3 is 12.1 Å². The summed E-state index contributed by atoms with van der Waals surface area (Å²) in [5.41, 5.74) is -0.649. The highest BCUT2D eigenvalue weighted by Gasteiger charge is 2.36. The van der Waals surface area contributed by atoms with Crippen molar-refractivity contribution in [1.29, 1.82) is 0 Å². The minimum Gasteiger partial charge on any atom is -0.466 e. The van der Waals surface area contributed by atoms with Crippen molar-refractivity contribution in [3.8, 4) is 0 Å². The molecule has 0 saturated carbocycles. The quantitative estimate of drug-likeness (QED) is 0.572. The third-order valence-electron chi connectivity index (χ3n) is 2.75. The van der Waals surface area contributed by atoms with Gasteiger partial charge < -0.3 is 14.2 Å². The molecule has 0 radical (unpaired) electrons. The lowest BCUT2D eigenvalue weighted by molar-refractivity contribution is -0.148. The zero-order chi connectivity index (χ0) is 16.0. The summed E-state index contributed by atoms with van der Waals surface area (Å²) in [5.74, 6) is -1.00. The van der Waals surface area contributed by atoms with E-state index in [1.165, 1.54) is 4.90 Å². The molecule has 1 heterocycles. The van der Waals surface area contributed by atoms with Gasteiger partial charge in [-0.15, -0.1) is 0 Å². The van der Waals surface area contributed by atoms with Crippen LogP contribution in [0.2, 0.25) is 0 Å². The molecule has 120 valence electrons. The first-order valence-electron chi connectivity index (χ1n) is 7.00. The molecule has 0 spiro atoms. The fraction of sp³-hybridized carbons (Fsp3) is 0.786. The normalized spacial score (nSPS) is 19.0. The standard InChI is InChI=1S/C14H23NO6/c1-5-20-12(17)8-11(16)10-9-19-7-6-15(10)13(18)21-14(2,3)4/h10H,5-9H2,1-4H3. The van der Waals surface area contributed by atoms with Crippen LogP contribution in [0.4, 0.5) is 4.79 Å². The van der Waals surface area contributed by atoms with Gasteiger partial charge in [-0.1, -0.05) is 0 Å². The van der Waals surface area contributed by atoms with Crippen LogP contribution in [0.15, 0.2) is 0 Å². The molecule has 1 fully saturated rings. The van der Waals surface area contributed by atoms with Crippen molar-refractivity contribution in [3.63, 3.8) is 0 Å². The minimum atomic E-state index is -0.807. The summed E-state index contributed by atoms with van der Waals surface area (Å²) >= 11 is 0. The van der Waals surface area contributed by atoms with Gasteiger partial charge in [0.1, 0.15) is 18.1 Å². The molecule has 0 bridgehead atoms. The van der Waals surface area contributed by atoms with Crippen LogP contribution in [0.3, 0.4) is 0 Å². The number of carbonyl (C=O) groups is 3. The molecule has 0 aromatic heterocycles. The van der Waals surface area contributed by atoms with Gasteiger partial charge in [-0.05, 0) is 27.7 Å². The number of hydrogen-bond acceptors (Lipinski definition) is 6. The highest BCUT2D eigenvalue weighted by Crippen LogP contribution is 2.16. The van der Waals surface area contributed by atoms with Crippen molar-refractivity contribution < 1.29 is 28.6 Å². The number of carbonyl (C=O) groups excluding carboxylic acids is 3. The van der Waals surface area contributed by atoms with Gasteiger partial charge in [-0.25, -0.2) is 4.79 Å². The Labute approximate surface area is 124 Å². The lowest BCUT2D eigenvalue weighted by atomic mass is 10.1. The summed E-state index contributed by atoms with van der Waals surface area (Å²) in [4.78, 5) is 37.0. The van der Waals surface area contributed by atoms with Crippen LogP contribution >= 0.6 is 0 Å². The number of ketones is 1. The number of rotatable bonds is 4. The molecular formula is C14H23NO6. The van der Waals surface area contributed by atoms with Gasteiger partial charge in [0.05, 0.1) is 19.8 Å². The second kappa shape index (κ2) is 7.40. The van der Waals surface area contributed by atoms with Gasteiger partial charge in [0.2, 0.25) is 0 Å². The van der Waals surface area contributed by atoms with Crippen LogP contribution in [0, 0.1) is 0 Å². The van der Waals surface area contributed by atoms with E-state index in [-0.39, 0.29) is 26.2 Å². The topological polar surface area (TPSA) is 82.1 Å². The Balaban J connectivity index is 2.70. The molecule has 1 saturated heterocycles. The molecule has 0 aliphatic carbocycles. The van der Waals surface area contributed by atoms with Crippen molar-refractivity contribution in [2.45, 2.75) is 45.8 Å². The maximum absolute atomic E-state index is 12.1. The molecule has 1 aliphatic heterocycles. The number of morpholine rings is 1. The third kappa shape index (κ3) is 5.71. The Morgan fingerprint density at radius 1 is 1.29 bits per heavy atom. The number of nitrogens with zero attached hydrogens (tertiary/aromatic N) is 1. The first kappa shape index (κ1) is 17.4. The van der Waals surface area contributed by atoms with Crippen LogP contribution < -0.4 is 0 Å². The second-order valence-electron chi connectivity index (χ2n) is 5.71. The zero-order valence-electron chi connectivity index (χ0n) is 13.0. The predicted octanol–water partition coefficient (Wildman–Crippen LogP) is 1.14. The molecule has 0 aromatic rings. The summed E-state index contributed by atoms with van der Waals surface area (Å²) in [6, 6.07) is -0.807. The number of hydrogen-bond donors (Lipinski definition) is 0. The average Bonchev–Trinajstić information content (AvgIpc) is 2.36. The van der Waals surface area contributed by atoms with E-state index in [1.54, 1.807) is 27.7 Å². The Bertz CT molecular complexity index is 401. The minimum absolute atomic E-state index is 0.0669. The van der Waals surface area contributed by atoms with Crippen molar-refractivity contribution >= 4 is 17.8 Å². The molecule has 1 atom stereocenters. The molecule has 1 amide bonds. The summed E-state index contributed by atoms with van der Waals surface area (Å²) in [7, 11) is 0.